The van der Waals surface area contributed by atoms with Gasteiger partial charge in [0.2, 0.25) is 0 Å². The topological polar surface area (TPSA) is 41.6 Å². The molecule has 0 aliphatic rings. The number of hydrogen-bond donors (Lipinski definition) is 0. The summed E-state index contributed by atoms with van der Waals surface area (Å²) >= 11 is 0. The predicted octanol–water partition coefficient (Wildman–Crippen LogP) is 2.63. The molecule has 0 radical (unpaired) electrons. The van der Waals surface area contributed by atoms with Crippen molar-refractivity contribution >= 4 is 0 Å². The zero-order chi connectivity index (χ0) is 10.7. The number of imidazole rings is 1. The van der Waals surface area contributed by atoms with E-state index in [0.29, 0.717) is 0 Å². The summed E-state index contributed by atoms with van der Waals surface area (Å²) < 4.78 is 1.81. The first-order chi connectivity index (χ1) is 7.31. The molecule has 2 aromatic rings. The second-order valence-electron chi connectivity index (χ2n) is 3.38. The lowest BCUT2D eigenvalue weighted by atomic mass is 10.2. The van der Waals surface area contributed by atoms with Gasteiger partial charge in [0.05, 0.1) is 18.1 Å². The fourth-order valence-electron chi connectivity index (χ4n) is 1.37. The molecular weight excluding hydrogens is 186 g/mol. The van der Waals surface area contributed by atoms with E-state index < -0.39 is 0 Å². The van der Waals surface area contributed by atoms with Gasteiger partial charge in [0.15, 0.2) is 0 Å². The van der Waals surface area contributed by atoms with Gasteiger partial charge in [-0.3, -0.25) is 0 Å². The Balaban J connectivity index is 2.33. The van der Waals surface area contributed by atoms with E-state index in [4.69, 9.17) is 5.26 Å². The summed E-state index contributed by atoms with van der Waals surface area (Å²) in [6.45, 7) is 1.84. The normalized spacial score (nSPS) is 12.0. The molecule has 0 spiro atoms. The number of nitrogens with zero attached hydrogens (tertiary/aromatic N) is 3. The van der Waals surface area contributed by atoms with E-state index in [-0.39, 0.29) is 6.04 Å². The molecule has 15 heavy (non-hydrogen) atoms. The van der Waals surface area contributed by atoms with E-state index >= 15 is 0 Å². The molecule has 1 aromatic carbocycles. The third-order valence-electron chi connectivity index (χ3n) is 2.31. The fourth-order valence-corrected chi connectivity index (χ4v) is 1.37. The molecule has 3 nitrogen and oxygen atoms in total. The van der Waals surface area contributed by atoms with Crippen molar-refractivity contribution in [1.82, 2.24) is 9.55 Å². The van der Waals surface area contributed by atoms with Crippen molar-refractivity contribution in [3.05, 3.63) is 42.9 Å². The lowest BCUT2D eigenvalue weighted by Crippen LogP contribution is -1.97. The van der Waals surface area contributed by atoms with E-state index in [1.165, 1.54) is 0 Å². The first-order valence-electron chi connectivity index (χ1n) is 4.80. The minimum Gasteiger partial charge on any atom is -0.321 e. The first kappa shape index (κ1) is 9.47. The van der Waals surface area contributed by atoms with E-state index in [1.807, 2.05) is 48.0 Å². The minimum absolute atomic E-state index is 0.171. The molecule has 0 fully saturated rings. The van der Waals surface area contributed by atoms with Crippen molar-refractivity contribution in [2.45, 2.75) is 13.0 Å². The highest BCUT2D eigenvalue weighted by molar-refractivity contribution is 5.57. The standard InChI is InChI=1S/C12H11N3/c1-10(7-13)15-8-12(14-9-15)11-5-3-2-4-6-11/h2-6,8-10H,1H3. The molecule has 0 aliphatic heterocycles. The quantitative estimate of drug-likeness (QED) is 0.742. The Morgan fingerprint density at radius 3 is 2.73 bits per heavy atom. The van der Waals surface area contributed by atoms with Gasteiger partial charge in [-0.2, -0.15) is 5.26 Å². The molecule has 74 valence electrons. The van der Waals surface area contributed by atoms with E-state index in [0.717, 1.165) is 11.3 Å². The maximum atomic E-state index is 8.77. The SMILES string of the molecule is CC(C#N)n1cnc(-c2ccccc2)c1. The Hall–Kier alpha value is -2.08. The van der Waals surface area contributed by atoms with Gasteiger partial charge in [0.25, 0.3) is 0 Å². The highest BCUT2D eigenvalue weighted by Crippen LogP contribution is 2.17. The van der Waals surface area contributed by atoms with Gasteiger partial charge in [-0.25, -0.2) is 4.98 Å². The van der Waals surface area contributed by atoms with Gasteiger partial charge >= 0.3 is 0 Å². The summed E-state index contributed by atoms with van der Waals surface area (Å²) in [7, 11) is 0. The molecule has 1 aromatic heterocycles. The van der Waals surface area contributed by atoms with Crippen molar-refractivity contribution in [2.24, 2.45) is 0 Å². The van der Waals surface area contributed by atoms with Crippen molar-refractivity contribution < 1.29 is 0 Å². The van der Waals surface area contributed by atoms with Crippen LogP contribution in [0.1, 0.15) is 13.0 Å². The van der Waals surface area contributed by atoms with Gasteiger partial charge in [-0.1, -0.05) is 30.3 Å². The third-order valence-corrected chi connectivity index (χ3v) is 2.31. The smallest absolute Gasteiger partial charge is 0.119 e. The summed E-state index contributed by atoms with van der Waals surface area (Å²) in [5.74, 6) is 0. The van der Waals surface area contributed by atoms with Gasteiger partial charge in [-0.05, 0) is 6.92 Å². The monoisotopic (exact) mass is 197 g/mol. The summed E-state index contributed by atoms with van der Waals surface area (Å²) in [5.41, 5.74) is 1.97. The first-order valence-corrected chi connectivity index (χ1v) is 4.80. The van der Waals surface area contributed by atoms with Crippen molar-refractivity contribution in [1.29, 1.82) is 5.26 Å². The highest BCUT2D eigenvalue weighted by Gasteiger charge is 2.05. The molecule has 0 saturated carbocycles. The molecule has 0 saturated heterocycles. The maximum Gasteiger partial charge on any atom is 0.119 e. The molecule has 0 bridgehead atoms. The Kier molecular flexibility index (Phi) is 2.51. The van der Waals surface area contributed by atoms with Gasteiger partial charge in [-0.15, -0.1) is 0 Å². The van der Waals surface area contributed by atoms with Crippen LogP contribution < -0.4 is 0 Å². The molecule has 0 amide bonds. The number of benzene rings is 1. The van der Waals surface area contributed by atoms with Crippen molar-refractivity contribution in [2.75, 3.05) is 0 Å². The van der Waals surface area contributed by atoms with Crippen LogP contribution in [0, 0.1) is 11.3 Å². The zero-order valence-electron chi connectivity index (χ0n) is 8.46. The second-order valence-corrected chi connectivity index (χ2v) is 3.38. The third kappa shape index (κ3) is 1.89. The maximum absolute atomic E-state index is 8.77. The minimum atomic E-state index is -0.171. The molecular formula is C12H11N3. The van der Waals surface area contributed by atoms with Crippen LogP contribution in [0.25, 0.3) is 11.3 Å². The van der Waals surface area contributed by atoms with Crippen LogP contribution in [0.5, 0.6) is 0 Å². The number of rotatable bonds is 2. The van der Waals surface area contributed by atoms with E-state index in [2.05, 4.69) is 11.1 Å². The number of aromatic nitrogens is 2. The van der Waals surface area contributed by atoms with Gasteiger partial charge in [0, 0.05) is 11.8 Å². The lowest BCUT2D eigenvalue weighted by Gasteiger charge is -2.01. The van der Waals surface area contributed by atoms with Crippen LogP contribution in [0.3, 0.4) is 0 Å². The molecule has 3 heteroatoms. The van der Waals surface area contributed by atoms with Crippen LogP contribution in [-0.2, 0) is 0 Å². The number of hydrogen-bond acceptors (Lipinski definition) is 2. The Morgan fingerprint density at radius 2 is 2.07 bits per heavy atom. The average Bonchev–Trinajstić information content (AvgIpc) is 2.78. The van der Waals surface area contributed by atoms with Crippen LogP contribution >= 0.6 is 0 Å². The predicted molar refractivity (Wildman–Crippen MR) is 58.0 cm³/mol. The highest BCUT2D eigenvalue weighted by atomic mass is 15.1. The van der Waals surface area contributed by atoms with Crippen LogP contribution in [0.15, 0.2) is 42.9 Å². The number of nitriles is 1. The van der Waals surface area contributed by atoms with Crippen molar-refractivity contribution in [3.8, 4) is 17.3 Å². The molecule has 0 aliphatic carbocycles. The van der Waals surface area contributed by atoms with E-state index in [9.17, 15) is 0 Å². The van der Waals surface area contributed by atoms with Crippen molar-refractivity contribution in [3.63, 3.8) is 0 Å². The molecule has 1 heterocycles. The van der Waals surface area contributed by atoms with Gasteiger partial charge in [0.1, 0.15) is 6.04 Å². The Morgan fingerprint density at radius 1 is 1.33 bits per heavy atom. The largest absolute Gasteiger partial charge is 0.321 e. The Labute approximate surface area is 88.6 Å². The van der Waals surface area contributed by atoms with Crippen LogP contribution in [0.2, 0.25) is 0 Å². The fraction of sp³-hybridized carbons (Fsp3) is 0.167. The summed E-state index contributed by atoms with van der Waals surface area (Å²) in [6.07, 6.45) is 3.58. The summed E-state index contributed by atoms with van der Waals surface area (Å²) in [4.78, 5) is 4.27. The average molecular weight is 197 g/mol. The molecule has 1 atom stereocenters. The summed E-state index contributed by atoms with van der Waals surface area (Å²) in [5, 5.41) is 8.77. The Bertz CT molecular complexity index is 479. The second kappa shape index (κ2) is 3.97. The summed E-state index contributed by atoms with van der Waals surface area (Å²) in [6, 6.07) is 11.9. The van der Waals surface area contributed by atoms with E-state index in [1.54, 1.807) is 6.33 Å². The van der Waals surface area contributed by atoms with Crippen LogP contribution in [0.4, 0.5) is 0 Å². The molecule has 1 unspecified atom stereocenters. The molecule has 2 rings (SSSR count). The van der Waals surface area contributed by atoms with Gasteiger partial charge < -0.3 is 4.57 Å². The van der Waals surface area contributed by atoms with Crippen LogP contribution in [-0.4, -0.2) is 9.55 Å². The lowest BCUT2D eigenvalue weighted by molar-refractivity contribution is 0.672. The zero-order valence-corrected chi connectivity index (χ0v) is 8.46. The molecule has 0 N–H and O–H groups in total.